The first-order valence-corrected chi connectivity index (χ1v) is 10.4. The number of carbonyl (C=O) groups excluding carboxylic acids is 1. The van der Waals surface area contributed by atoms with Crippen molar-refractivity contribution in [3.8, 4) is 5.75 Å². The van der Waals surface area contributed by atoms with Crippen LogP contribution in [0.2, 0.25) is 0 Å². The molecule has 0 bridgehead atoms. The zero-order valence-corrected chi connectivity index (χ0v) is 17.0. The van der Waals surface area contributed by atoms with Crippen LogP contribution in [0.1, 0.15) is 30.1 Å². The third-order valence-corrected chi connectivity index (χ3v) is 5.65. The van der Waals surface area contributed by atoms with Crippen LogP contribution in [0.15, 0.2) is 51.8 Å². The highest BCUT2D eigenvalue weighted by atomic mass is 79.9. The lowest BCUT2D eigenvalue weighted by atomic mass is 10.1. The zero-order valence-electron chi connectivity index (χ0n) is 14.6. The highest BCUT2D eigenvalue weighted by molar-refractivity contribution is 9.10. The molecule has 0 saturated carbocycles. The Hall–Kier alpha value is -2.06. The fourth-order valence-electron chi connectivity index (χ4n) is 2.26. The SMILES string of the molecule is CCCCNC(=O)c1ccccc1NS(=O)(=O)c1ccc(OC)c(Br)c1. The van der Waals surface area contributed by atoms with Crippen LogP contribution in [0.25, 0.3) is 0 Å². The molecule has 0 fully saturated rings. The molecule has 2 N–H and O–H groups in total. The average Bonchev–Trinajstić information content (AvgIpc) is 2.62. The molecule has 8 heteroatoms. The molecule has 0 aliphatic rings. The van der Waals surface area contributed by atoms with Crippen molar-refractivity contribution >= 4 is 37.5 Å². The second kappa shape index (κ2) is 9.05. The molecule has 2 aromatic rings. The average molecular weight is 441 g/mol. The lowest BCUT2D eigenvalue weighted by molar-refractivity contribution is 0.0954. The second-order valence-electron chi connectivity index (χ2n) is 5.56. The van der Waals surface area contributed by atoms with E-state index in [1.54, 1.807) is 30.3 Å². The number of unbranched alkanes of at least 4 members (excludes halogenated alkanes) is 1. The predicted molar refractivity (Wildman–Crippen MR) is 105 cm³/mol. The topological polar surface area (TPSA) is 84.5 Å². The Labute approximate surface area is 162 Å². The molecule has 2 rings (SSSR count). The van der Waals surface area contributed by atoms with Gasteiger partial charge in [0.25, 0.3) is 15.9 Å². The van der Waals surface area contributed by atoms with Gasteiger partial charge in [0.2, 0.25) is 0 Å². The number of methoxy groups -OCH3 is 1. The van der Waals surface area contributed by atoms with Crippen molar-refractivity contribution in [2.75, 3.05) is 18.4 Å². The molecule has 0 aliphatic heterocycles. The smallest absolute Gasteiger partial charge is 0.261 e. The van der Waals surface area contributed by atoms with Crippen molar-refractivity contribution < 1.29 is 17.9 Å². The van der Waals surface area contributed by atoms with Crippen molar-refractivity contribution in [2.24, 2.45) is 0 Å². The lowest BCUT2D eigenvalue weighted by Crippen LogP contribution is -2.26. The summed E-state index contributed by atoms with van der Waals surface area (Å²) in [5.41, 5.74) is 0.508. The molecular formula is C18H21BrN2O4S. The van der Waals surface area contributed by atoms with E-state index < -0.39 is 10.0 Å². The summed E-state index contributed by atoms with van der Waals surface area (Å²) in [5, 5.41) is 2.79. The van der Waals surface area contributed by atoms with E-state index in [-0.39, 0.29) is 22.1 Å². The largest absolute Gasteiger partial charge is 0.496 e. The maximum Gasteiger partial charge on any atom is 0.261 e. The molecule has 0 heterocycles. The number of sulfonamides is 1. The number of benzene rings is 2. The fourth-order valence-corrected chi connectivity index (χ4v) is 4.06. The maximum absolute atomic E-state index is 12.7. The first kappa shape index (κ1) is 20.3. The van der Waals surface area contributed by atoms with Crippen molar-refractivity contribution in [2.45, 2.75) is 24.7 Å². The number of para-hydroxylation sites is 1. The Bertz CT molecular complexity index is 885. The van der Waals surface area contributed by atoms with Gasteiger partial charge in [-0.1, -0.05) is 25.5 Å². The molecule has 0 unspecified atom stereocenters. The minimum Gasteiger partial charge on any atom is -0.496 e. The maximum atomic E-state index is 12.7. The number of carbonyl (C=O) groups is 1. The zero-order chi connectivity index (χ0) is 19.2. The Kier molecular flexibility index (Phi) is 7.05. The fraction of sp³-hybridized carbons (Fsp3) is 0.278. The minimum atomic E-state index is -3.86. The van der Waals surface area contributed by atoms with Gasteiger partial charge in [0.05, 0.1) is 27.7 Å². The van der Waals surface area contributed by atoms with Crippen LogP contribution < -0.4 is 14.8 Å². The summed E-state index contributed by atoms with van der Waals surface area (Å²) in [6, 6.07) is 11.0. The normalized spacial score (nSPS) is 11.0. The number of rotatable bonds is 8. The minimum absolute atomic E-state index is 0.0615. The van der Waals surface area contributed by atoms with E-state index in [1.807, 2.05) is 6.92 Å². The Morgan fingerprint density at radius 3 is 2.58 bits per heavy atom. The van der Waals surface area contributed by atoms with Gasteiger partial charge in [0.15, 0.2) is 0 Å². The van der Waals surface area contributed by atoms with Gasteiger partial charge >= 0.3 is 0 Å². The number of halogens is 1. The van der Waals surface area contributed by atoms with E-state index in [2.05, 4.69) is 26.0 Å². The molecule has 0 saturated heterocycles. The molecule has 1 amide bonds. The van der Waals surface area contributed by atoms with Crippen LogP contribution >= 0.6 is 15.9 Å². The summed E-state index contributed by atoms with van der Waals surface area (Å²) < 4.78 is 33.5. The quantitative estimate of drug-likeness (QED) is 0.611. The van der Waals surface area contributed by atoms with Crippen LogP contribution in [0, 0.1) is 0 Å². The van der Waals surface area contributed by atoms with E-state index in [9.17, 15) is 13.2 Å². The van der Waals surface area contributed by atoms with E-state index in [4.69, 9.17) is 4.74 Å². The van der Waals surface area contributed by atoms with Gasteiger partial charge in [-0.3, -0.25) is 9.52 Å². The molecule has 26 heavy (non-hydrogen) atoms. The number of hydrogen-bond acceptors (Lipinski definition) is 4. The summed E-state index contributed by atoms with van der Waals surface area (Å²) in [5.74, 6) is 0.215. The number of amides is 1. The Morgan fingerprint density at radius 2 is 1.92 bits per heavy atom. The molecule has 140 valence electrons. The van der Waals surface area contributed by atoms with Crippen LogP contribution in [-0.2, 0) is 10.0 Å². The highest BCUT2D eigenvalue weighted by Crippen LogP contribution is 2.28. The number of hydrogen-bond donors (Lipinski definition) is 2. The lowest BCUT2D eigenvalue weighted by Gasteiger charge is -2.13. The van der Waals surface area contributed by atoms with Gasteiger partial charge in [-0.25, -0.2) is 8.42 Å². The van der Waals surface area contributed by atoms with Gasteiger partial charge in [-0.05, 0) is 52.7 Å². The van der Waals surface area contributed by atoms with Crippen molar-refractivity contribution in [1.82, 2.24) is 5.32 Å². The summed E-state index contributed by atoms with van der Waals surface area (Å²) in [4.78, 5) is 12.4. The predicted octanol–water partition coefficient (Wildman–Crippen LogP) is 3.79. The Morgan fingerprint density at radius 1 is 1.19 bits per heavy atom. The first-order chi connectivity index (χ1) is 12.4. The summed E-state index contributed by atoms with van der Waals surface area (Å²) in [6.45, 7) is 2.57. The van der Waals surface area contributed by atoms with Crippen LogP contribution in [-0.4, -0.2) is 28.0 Å². The van der Waals surface area contributed by atoms with Gasteiger partial charge in [0, 0.05) is 6.54 Å². The summed E-state index contributed by atoms with van der Waals surface area (Å²) in [7, 11) is -2.36. The van der Waals surface area contributed by atoms with Gasteiger partial charge in [0.1, 0.15) is 5.75 Å². The summed E-state index contributed by atoms with van der Waals surface area (Å²) >= 11 is 3.28. The molecular weight excluding hydrogens is 420 g/mol. The third kappa shape index (κ3) is 4.98. The van der Waals surface area contributed by atoms with Gasteiger partial charge in [-0.15, -0.1) is 0 Å². The van der Waals surface area contributed by atoms with Crippen molar-refractivity contribution in [3.05, 3.63) is 52.5 Å². The molecule has 0 aliphatic carbocycles. The van der Waals surface area contributed by atoms with Gasteiger partial charge in [-0.2, -0.15) is 0 Å². The number of ether oxygens (including phenoxy) is 1. The van der Waals surface area contributed by atoms with E-state index in [1.165, 1.54) is 19.2 Å². The van der Waals surface area contributed by atoms with Gasteiger partial charge < -0.3 is 10.1 Å². The molecule has 6 nitrogen and oxygen atoms in total. The molecule has 2 aromatic carbocycles. The van der Waals surface area contributed by atoms with Crippen molar-refractivity contribution in [3.63, 3.8) is 0 Å². The van der Waals surface area contributed by atoms with E-state index in [0.717, 1.165) is 12.8 Å². The monoisotopic (exact) mass is 440 g/mol. The van der Waals surface area contributed by atoms with Crippen molar-refractivity contribution in [1.29, 1.82) is 0 Å². The summed E-state index contributed by atoms with van der Waals surface area (Å²) in [6.07, 6.45) is 1.82. The molecule has 0 spiro atoms. The van der Waals surface area contributed by atoms with E-state index in [0.29, 0.717) is 16.8 Å². The van der Waals surface area contributed by atoms with Crippen LogP contribution in [0.3, 0.4) is 0 Å². The first-order valence-electron chi connectivity index (χ1n) is 8.12. The standard InChI is InChI=1S/C18H21BrN2O4S/c1-3-4-11-20-18(22)14-7-5-6-8-16(14)21-26(23,24)13-9-10-17(25-2)15(19)12-13/h5-10,12,21H,3-4,11H2,1-2H3,(H,20,22). The second-order valence-corrected chi connectivity index (χ2v) is 8.09. The molecule has 0 radical (unpaired) electrons. The van der Waals surface area contributed by atoms with Crippen LogP contribution in [0.4, 0.5) is 5.69 Å². The highest BCUT2D eigenvalue weighted by Gasteiger charge is 2.19. The van der Waals surface area contributed by atoms with Crippen LogP contribution in [0.5, 0.6) is 5.75 Å². The molecule has 0 atom stereocenters. The Balaban J connectivity index is 2.27. The van der Waals surface area contributed by atoms with E-state index >= 15 is 0 Å². The molecule has 0 aromatic heterocycles. The third-order valence-electron chi connectivity index (χ3n) is 3.67. The number of anilines is 1. The number of nitrogens with one attached hydrogen (secondary N) is 2.